The van der Waals surface area contributed by atoms with Crippen molar-refractivity contribution in [2.45, 2.75) is 0 Å². The number of rotatable bonds is 4. The fourth-order valence-electron chi connectivity index (χ4n) is 2.70. The number of ether oxygens (including phenoxy) is 4. The Balaban J connectivity index is 2.61. The van der Waals surface area contributed by atoms with Gasteiger partial charge in [-0.15, -0.1) is 0 Å². The minimum Gasteiger partial charge on any atom is -0.507 e. The number of methoxy groups -OCH3 is 4. The highest BCUT2D eigenvalue weighted by Crippen LogP contribution is 2.44. The van der Waals surface area contributed by atoms with Gasteiger partial charge >= 0.3 is 0 Å². The second kappa shape index (κ2) is 5.84. The first-order valence-corrected chi connectivity index (χ1v) is 7.02. The molecule has 0 bridgehead atoms. The van der Waals surface area contributed by atoms with E-state index in [-0.39, 0.29) is 39.2 Å². The van der Waals surface area contributed by atoms with E-state index in [1.807, 2.05) is 0 Å². The van der Waals surface area contributed by atoms with Crippen LogP contribution >= 0.6 is 0 Å². The second-order valence-corrected chi connectivity index (χ2v) is 4.94. The van der Waals surface area contributed by atoms with Crippen LogP contribution in [0.15, 0.2) is 27.4 Å². The van der Waals surface area contributed by atoms with E-state index in [1.165, 1.54) is 46.6 Å². The van der Waals surface area contributed by atoms with E-state index in [9.17, 15) is 9.90 Å². The molecule has 1 heterocycles. The molecule has 1 N–H and O–H groups in total. The highest BCUT2D eigenvalue weighted by molar-refractivity contribution is 5.99. The maximum atomic E-state index is 13.0. The van der Waals surface area contributed by atoms with Crippen molar-refractivity contribution in [2.75, 3.05) is 28.4 Å². The first kappa shape index (κ1) is 15.8. The van der Waals surface area contributed by atoms with Gasteiger partial charge in [-0.1, -0.05) is 0 Å². The molecule has 2 aromatic carbocycles. The quantitative estimate of drug-likeness (QED) is 0.735. The van der Waals surface area contributed by atoms with Crippen molar-refractivity contribution in [2.24, 2.45) is 0 Å². The molecule has 1 aromatic heterocycles. The van der Waals surface area contributed by atoms with Crippen LogP contribution in [0.3, 0.4) is 0 Å². The van der Waals surface area contributed by atoms with Crippen molar-refractivity contribution in [1.29, 1.82) is 0 Å². The van der Waals surface area contributed by atoms with Gasteiger partial charge in [-0.05, 0) is 12.1 Å². The van der Waals surface area contributed by atoms with Gasteiger partial charge in [-0.2, -0.15) is 0 Å². The lowest BCUT2D eigenvalue weighted by Crippen LogP contribution is -2.07. The van der Waals surface area contributed by atoms with E-state index in [0.29, 0.717) is 11.5 Å². The van der Waals surface area contributed by atoms with Crippen molar-refractivity contribution < 1.29 is 28.5 Å². The molecular formula is C17H16O7. The summed E-state index contributed by atoms with van der Waals surface area (Å²) in [6.45, 7) is 0. The predicted molar refractivity (Wildman–Crippen MR) is 87.9 cm³/mol. The summed E-state index contributed by atoms with van der Waals surface area (Å²) in [7, 11) is 5.76. The average molecular weight is 332 g/mol. The number of hydrogen-bond acceptors (Lipinski definition) is 7. The lowest BCUT2D eigenvalue weighted by molar-refractivity contribution is 0.326. The van der Waals surface area contributed by atoms with Gasteiger partial charge in [0.25, 0.3) is 0 Å². The van der Waals surface area contributed by atoms with Gasteiger partial charge in [0.15, 0.2) is 22.8 Å². The summed E-state index contributed by atoms with van der Waals surface area (Å²) in [6, 6.07) is 4.42. The smallest absolute Gasteiger partial charge is 0.208 e. The summed E-state index contributed by atoms with van der Waals surface area (Å²) in [6.07, 6.45) is 0. The largest absolute Gasteiger partial charge is 0.507 e. The number of phenolic OH excluding ortho intramolecular Hbond substituents is 1. The van der Waals surface area contributed by atoms with Crippen molar-refractivity contribution in [3.8, 4) is 28.7 Å². The van der Waals surface area contributed by atoms with Crippen molar-refractivity contribution in [1.82, 2.24) is 0 Å². The van der Waals surface area contributed by atoms with Gasteiger partial charge in [0.2, 0.25) is 11.2 Å². The van der Waals surface area contributed by atoms with Gasteiger partial charge in [0, 0.05) is 6.07 Å². The molecule has 0 saturated carbocycles. The van der Waals surface area contributed by atoms with Gasteiger partial charge in [0.1, 0.15) is 22.1 Å². The summed E-state index contributed by atoms with van der Waals surface area (Å²) in [4.78, 5) is 13.0. The molecule has 0 amide bonds. The number of aromatic hydroxyl groups is 1. The van der Waals surface area contributed by atoms with Gasteiger partial charge in [0.05, 0.1) is 28.4 Å². The van der Waals surface area contributed by atoms with Crippen molar-refractivity contribution >= 4 is 21.9 Å². The summed E-state index contributed by atoms with van der Waals surface area (Å²) < 4.78 is 26.9. The molecule has 3 rings (SSSR count). The zero-order valence-electron chi connectivity index (χ0n) is 13.6. The Hall–Kier alpha value is -3.09. The number of fused-ring (bicyclic) bond motifs is 2. The molecule has 3 aromatic rings. The van der Waals surface area contributed by atoms with Gasteiger partial charge < -0.3 is 28.5 Å². The monoisotopic (exact) mass is 332 g/mol. The highest BCUT2D eigenvalue weighted by atomic mass is 16.5. The lowest BCUT2D eigenvalue weighted by atomic mass is 10.1. The molecule has 0 atom stereocenters. The van der Waals surface area contributed by atoms with Crippen LogP contribution in [-0.4, -0.2) is 33.5 Å². The lowest BCUT2D eigenvalue weighted by Gasteiger charge is -2.15. The molecule has 7 nitrogen and oxygen atoms in total. The molecule has 0 radical (unpaired) electrons. The Morgan fingerprint density at radius 3 is 2.12 bits per heavy atom. The molecular weight excluding hydrogens is 316 g/mol. The van der Waals surface area contributed by atoms with Crippen LogP contribution in [0, 0.1) is 0 Å². The molecule has 7 heteroatoms. The molecule has 0 spiro atoms. The predicted octanol–water partition coefficient (Wildman–Crippen LogP) is 2.69. The first-order chi connectivity index (χ1) is 11.6. The summed E-state index contributed by atoms with van der Waals surface area (Å²) in [5, 5.41) is 10.3. The van der Waals surface area contributed by atoms with Crippen LogP contribution in [0.4, 0.5) is 0 Å². The third kappa shape index (κ3) is 2.09. The molecule has 0 aliphatic heterocycles. The minimum atomic E-state index is -0.458. The molecule has 0 aliphatic rings. The fraction of sp³-hybridized carbons (Fsp3) is 0.235. The number of phenols is 1. The van der Waals surface area contributed by atoms with E-state index < -0.39 is 5.43 Å². The number of benzene rings is 2. The Labute approximate surface area is 136 Å². The van der Waals surface area contributed by atoms with Crippen LogP contribution in [0.2, 0.25) is 0 Å². The molecule has 24 heavy (non-hydrogen) atoms. The van der Waals surface area contributed by atoms with Gasteiger partial charge in [-0.25, -0.2) is 0 Å². The third-order valence-electron chi connectivity index (χ3n) is 3.78. The summed E-state index contributed by atoms with van der Waals surface area (Å²) in [5.41, 5.74) is -0.0874. The molecule has 126 valence electrons. The van der Waals surface area contributed by atoms with Crippen LogP contribution in [-0.2, 0) is 0 Å². The SMILES string of the molecule is COc1cc2oc3c(OC)ccc(O)c3c(=O)c2c(OC)c1OC. The van der Waals surface area contributed by atoms with Crippen LogP contribution in [0.1, 0.15) is 0 Å². The Kier molecular flexibility index (Phi) is 3.84. The zero-order chi connectivity index (χ0) is 17.4. The van der Waals surface area contributed by atoms with Crippen LogP contribution in [0.5, 0.6) is 28.7 Å². The Morgan fingerprint density at radius 1 is 0.875 bits per heavy atom. The van der Waals surface area contributed by atoms with E-state index in [0.717, 1.165) is 0 Å². The minimum absolute atomic E-state index is 0.00682. The van der Waals surface area contributed by atoms with Crippen LogP contribution in [0.25, 0.3) is 21.9 Å². The van der Waals surface area contributed by atoms with Crippen LogP contribution < -0.4 is 24.4 Å². The molecule has 0 unspecified atom stereocenters. The van der Waals surface area contributed by atoms with E-state index in [1.54, 1.807) is 0 Å². The highest BCUT2D eigenvalue weighted by Gasteiger charge is 2.23. The molecule has 0 saturated heterocycles. The van der Waals surface area contributed by atoms with Gasteiger partial charge in [-0.3, -0.25) is 4.79 Å². The fourth-order valence-corrected chi connectivity index (χ4v) is 2.70. The van der Waals surface area contributed by atoms with E-state index >= 15 is 0 Å². The van der Waals surface area contributed by atoms with E-state index in [4.69, 9.17) is 23.4 Å². The first-order valence-electron chi connectivity index (χ1n) is 7.02. The van der Waals surface area contributed by atoms with Crippen molar-refractivity contribution in [3.63, 3.8) is 0 Å². The molecule has 0 aliphatic carbocycles. The Bertz CT molecular complexity index is 988. The van der Waals surface area contributed by atoms with E-state index in [2.05, 4.69) is 0 Å². The normalized spacial score (nSPS) is 10.8. The number of hydrogen-bond donors (Lipinski definition) is 1. The topological polar surface area (TPSA) is 87.4 Å². The maximum absolute atomic E-state index is 13.0. The molecule has 0 fully saturated rings. The maximum Gasteiger partial charge on any atom is 0.208 e. The summed E-state index contributed by atoms with van der Waals surface area (Å²) in [5.74, 6) is 0.906. The Morgan fingerprint density at radius 2 is 1.54 bits per heavy atom. The summed E-state index contributed by atoms with van der Waals surface area (Å²) >= 11 is 0. The average Bonchev–Trinajstić information content (AvgIpc) is 2.60. The van der Waals surface area contributed by atoms with Crippen molar-refractivity contribution in [3.05, 3.63) is 28.4 Å². The third-order valence-corrected chi connectivity index (χ3v) is 3.78. The second-order valence-electron chi connectivity index (χ2n) is 4.94. The standard InChI is InChI=1S/C17H16O7/c1-20-9-6-5-8(18)12-14(19)13-10(24-15(9)12)7-11(21-2)16(22-3)17(13)23-4/h5-7,18H,1-4H3. The zero-order valence-corrected chi connectivity index (χ0v) is 13.6.